The highest BCUT2D eigenvalue weighted by molar-refractivity contribution is 5.99. The molecule has 2 aromatic heterocycles. The predicted octanol–water partition coefficient (Wildman–Crippen LogP) is -0.125. The largest absolute Gasteiger partial charge is 0.480 e. The standard InChI is InChI=1S/C72H117N21O12/c1-9-43(8)60(93-68(102)58(36-45-38-83-50-23-13-11-21-47(45)50)92-67(101)57(34-42(6)7)91-66(100)56(33-41(4)5)90-61(95)48(75)35-44-37-82-49-22-12-10-20-46(44)49)69(103)84-39-59(94)85-55(32-40(2)3)65(99)88-53(26-18-30-80-71(76)77)63(97)86-51(24-14-16-28-73)62(96)87-52(25-15-17-29-74)64(98)89-54(70(104)105)27-19-31-81-72(78)79/h10-13,20-23,37-38,40-43,48,51-58,60,82-83H,9,14-19,24-36,39,73-75H2,1-8H3,(H,84,103)(H,85,94)(H,86,97)(H,87,96)(H,88,99)(H,89,98)(H,90,95)(H,91,100)(H,92,101)(H,93,102)(H,104,105)(H4,76,77,80)(H4,78,79,81)/t43-,48-,51-,52-,53-,54-,55-,56-,57-,58-,60-/m0/s1. The maximum absolute atomic E-state index is 14.9. The number of hydrogen-bond donors (Lipinski definition) is 20. The number of nitrogens with one attached hydrogen (secondary N) is 12. The number of carbonyl (C=O) groups excluding carboxylic acids is 10. The van der Waals surface area contributed by atoms with Crippen LogP contribution in [-0.4, -0.2) is 185 Å². The topological polar surface area (TPSA) is 567 Å². The predicted molar refractivity (Wildman–Crippen MR) is 403 cm³/mol. The van der Waals surface area contributed by atoms with Crippen LogP contribution in [0.5, 0.6) is 0 Å². The third kappa shape index (κ3) is 30.8. The van der Waals surface area contributed by atoms with Crippen molar-refractivity contribution in [3.63, 3.8) is 0 Å². The van der Waals surface area contributed by atoms with Gasteiger partial charge in [0.1, 0.15) is 54.4 Å². The number of hydrogen-bond acceptors (Lipinski definition) is 16. The van der Waals surface area contributed by atoms with Crippen molar-refractivity contribution in [2.24, 2.45) is 73.8 Å². The van der Waals surface area contributed by atoms with E-state index in [4.69, 9.17) is 40.1 Å². The molecule has 2 heterocycles. The Kier molecular flexibility index (Phi) is 37.8. The van der Waals surface area contributed by atoms with E-state index in [2.05, 4.69) is 73.1 Å². The van der Waals surface area contributed by atoms with Crippen molar-refractivity contribution < 1.29 is 57.8 Å². The lowest BCUT2D eigenvalue weighted by Crippen LogP contribution is -2.60. The van der Waals surface area contributed by atoms with Gasteiger partial charge in [-0.2, -0.15) is 0 Å². The molecule has 33 heteroatoms. The molecule has 105 heavy (non-hydrogen) atoms. The highest BCUT2D eigenvalue weighted by Crippen LogP contribution is 2.22. The van der Waals surface area contributed by atoms with Crippen LogP contribution in [0, 0.1) is 23.7 Å². The molecule has 0 radical (unpaired) electrons. The molecule has 10 amide bonds. The first-order valence-electron chi connectivity index (χ1n) is 36.5. The minimum Gasteiger partial charge on any atom is -0.480 e. The first-order valence-corrected chi connectivity index (χ1v) is 36.5. The quantitative estimate of drug-likeness (QED) is 0.0156. The summed E-state index contributed by atoms with van der Waals surface area (Å²) in [7, 11) is 0. The molecule has 0 spiro atoms. The van der Waals surface area contributed by atoms with E-state index < -0.39 is 138 Å². The highest BCUT2D eigenvalue weighted by atomic mass is 16.4. The number of aromatic amines is 2. The second-order valence-corrected chi connectivity index (χ2v) is 28.1. The van der Waals surface area contributed by atoms with Crippen molar-refractivity contribution in [1.82, 2.24) is 63.1 Å². The fourth-order valence-corrected chi connectivity index (χ4v) is 11.9. The summed E-state index contributed by atoms with van der Waals surface area (Å²) in [6, 6.07) is 2.38. The van der Waals surface area contributed by atoms with Crippen LogP contribution < -0.4 is 93.3 Å². The van der Waals surface area contributed by atoms with Gasteiger partial charge in [-0.3, -0.25) is 57.9 Å². The van der Waals surface area contributed by atoms with E-state index in [0.717, 1.165) is 27.4 Å². The molecule has 0 saturated heterocycles. The lowest BCUT2D eigenvalue weighted by atomic mass is 9.96. The van der Waals surface area contributed by atoms with Gasteiger partial charge in [0, 0.05) is 53.7 Å². The molecule has 33 nitrogen and oxygen atoms in total. The number of guanidine groups is 2. The number of H-pyrrole nitrogens is 2. The van der Waals surface area contributed by atoms with Gasteiger partial charge in [0.2, 0.25) is 59.1 Å². The van der Waals surface area contributed by atoms with Crippen molar-refractivity contribution >= 4 is 98.8 Å². The van der Waals surface area contributed by atoms with Gasteiger partial charge < -0.3 is 108 Å². The van der Waals surface area contributed by atoms with Gasteiger partial charge in [-0.15, -0.1) is 0 Å². The number of aliphatic carboxylic acids is 1. The number of carboxylic acids is 1. The van der Waals surface area contributed by atoms with Crippen LogP contribution in [0.4, 0.5) is 0 Å². The van der Waals surface area contributed by atoms with E-state index in [1.54, 1.807) is 40.1 Å². The lowest BCUT2D eigenvalue weighted by molar-refractivity contribution is -0.142. The Balaban J connectivity index is 1.56. The van der Waals surface area contributed by atoms with Gasteiger partial charge in [-0.25, -0.2) is 4.79 Å². The van der Waals surface area contributed by atoms with Gasteiger partial charge in [-0.1, -0.05) is 98.2 Å². The molecule has 11 atom stereocenters. The molecule has 4 aromatic rings. The SMILES string of the molecule is CC[C@H](C)[C@H](NC(=O)[C@H](Cc1c[nH]c2ccccc12)NC(=O)[C@H](CC(C)C)NC(=O)[C@H](CC(C)C)NC(=O)[C@@H](N)Cc1c[nH]c2ccccc12)C(=O)NCC(=O)N[C@@H](CC(C)C)C(=O)N[C@@H](CCCN=C(N)N)C(=O)N[C@@H](CCCCN)C(=O)N[C@@H](CCCCN)C(=O)N[C@@H](CCCN=C(N)N)C(=O)O. The maximum Gasteiger partial charge on any atom is 0.326 e. The number of carboxylic acid groups (broad SMARTS) is 1. The fourth-order valence-electron chi connectivity index (χ4n) is 11.9. The molecule has 582 valence electrons. The van der Waals surface area contributed by atoms with Crippen LogP contribution >= 0.6 is 0 Å². The number of nitrogens with zero attached hydrogens (tertiary/aromatic N) is 2. The first-order chi connectivity index (χ1) is 49.8. The lowest BCUT2D eigenvalue weighted by Gasteiger charge is -2.29. The summed E-state index contributed by atoms with van der Waals surface area (Å²) >= 11 is 0. The van der Waals surface area contributed by atoms with Crippen molar-refractivity contribution in [2.45, 2.75) is 219 Å². The van der Waals surface area contributed by atoms with E-state index in [1.165, 1.54) is 0 Å². The molecule has 0 aliphatic rings. The Labute approximate surface area is 614 Å². The summed E-state index contributed by atoms with van der Waals surface area (Å²) < 4.78 is 0. The van der Waals surface area contributed by atoms with E-state index in [1.807, 2.05) is 76.2 Å². The molecule has 4 rings (SSSR count). The maximum atomic E-state index is 14.9. The summed E-state index contributed by atoms with van der Waals surface area (Å²) in [6.07, 6.45) is 6.25. The number of fused-ring (bicyclic) bond motifs is 2. The van der Waals surface area contributed by atoms with Crippen LogP contribution in [0.15, 0.2) is 70.9 Å². The summed E-state index contributed by atoms with van der Waals surface area (Å²) in [5, 5.41) is 39.0. The van der Waals surface area contributed by atoms with Crippen LogP contribution in [0.2, 0.25) is 0 Å². The van der Waals surface area contributed by atoms with E-state index in [-0.39, 0.29) is 126 Å². The van der Waals surface area contributed by atoms with Gasteiger partial charge >= 0.3 is 5.97 Å². The molecule has 0 aliphatic carbocycles. The van der Waals surface area contributed by atoms with E-state index in [0.29, 0.717) is 37.7 Å². The van der Waals surface area contributed by atoms with Crippen molar-refractivity contribution in [3.8, 4) is 0 Å². The van der Waals surface area contributed by atoms with Crippen molar-refractivity contribution in [1.29, 1.82) is 0 Å². The second-order valence-electron chi connectivity index (χ2n) is 28.1. The molecular weight excluding hydrogens is 1350 g/mol. The first kappa shape index (κ1) is 87.5. The number of nitrogens with two attached hydrogens (primary N) is 7. The third-order valence-electron chi connectivity index (χ3n) is 17.7. The number of aliphatic imine (C=N–C) groups is 2. The molecule has 2 aromatic carbocycles. The fraction of sp³-hybridized carbons (Fsp3) is 0.597. The van der Waals surface area contributed by atoms with Crippen molar-refractivity contribution in [3.05, 3.63) is 72.1 Å². The number of benzene rings is 2. The number of unbranched alkanes of at least 4 members (excludes halogenated alkanes) is 2. The Morgan fingerprint density at radius 3 is 1.22 bits per heavy atom. The summed E-state index contributed by atoms with van der Waals surface area (Å²) in [4.78, 5) is 170. The summed E-state index contributed by atoms with van der Waals surface area (Å²) in [6.45, 7) is 14.6. The molecule has 0 fully saturated rings. The van der Waals surface area contributed by atoms with Gasteiger partial charge in [-0.05, 0) is 150 Å². The minimum atomic E-state index is -1.37. The van der Waals surface area contributed by atoms with Crippen molar-refractivity contribution in [2.75, 3.05) is 32.7 Å². The smallest absolute Gasteiger partial charge is 0.326 e. The number of aromatic nitrogens is 2. The molecule has 0 aliphatic heterocycles. The highest BCUT2D eigenvalue weighted by Gasteiger charge is 2.37. The molecular formula is C72H117N21O12. The van der Waals surface area contributed by atoms with Crippen LogP contribution in [0.25, 0.3) is 21.8 Å². The summed E-state index contributed by atoms with van der Waals surface area (Å²) in [5.74, 6) is -10.3. The molecule has 27 N–H and O–H groups in total. The Morgan fingerprint density at radius 2 is 0.800 bits per heavy atom. The number of amides is 10. The molecule has 0 saturated carbocycles. The second kappa shape index (κ2) is 45.4. The normalized spacial score (nSPS) is 14.5. The Hall–Kier alpha value is -9.89. The average molecular weight is 1470 g/mol. The average Bonchev–Trinajstić information content (AvgIpc) is 1.71. The minimum absolute atomic E-state index is 0.0274. The zero-order valence-corrected chi connectivity index (χ0v) is 62.1. The van der Waals surface area contributed by atoms with Gasteiger partial charge in [0.05, 0.1) is 12.6 Å². The van der Waals surface area contributed by atoms with E-state index in [9.17, 15) is 57.8 Å². The van der Waals surface area contributed by atoms with Crippen LogP contribution in [-0.2, 0) is 65.6 Å². The number of rotatable bonds is 49. The third-order valence-corrected chi connectivity index (χ3v) is 17.7. The van der Waals surface area contributed by atoms with Crippen LogP contribution in [0.3, 0.4) is 0 Å². The number of carbonyl (C=O) groups is 11. The monoisotopic (exact) mass is 1470 g/mol. The Morgan fingerprint density at radius 1 is 0.438 bits per heavy atom. The summed E-state index contributed by atoms with van der Waals surface area (Å²) in [5.41, 5.74) is 43.1. The Bertz CT molecular complexity index is 3550. The zero-order valence-electron chi connectivity index (χ0n) is 62.1. The zero-order chi connectivity index (χ0) is 77.9. The van der Waals surface area contributed by atoms with Crippen LogP contribution in [0.1, 0.15) is 156 Å². The number of para-hydroxylation sites is 2. The van der Waals surface area contributed by atoms with Gasteiger partial charge in [0.15, 0.2) is 11.9 Å². The van der Waals surface area contributed by atoms with E-state index >= 15 is 0 Å². The van der Waals surface area contributed by atoms with Gasteiger partial charge in [0.25, 0.3) is 0 Å². The molecule has 0 bridgehead atoms. The molecule has 0 unspecified atom stereocenters.